The SMILES string of the molecule is [B]P[B]F. The number of halogens is 1. The number of hydrogen-bond donors (Lipinski definition) is 0. The van der Waals surface area contributed by atoms with Gasteiger partial charge in [-0.05, 0) is 0 Å². The van der Waals surface area contributed by atoms with Crippen LogP contribution in [0.5, 0.6) is 0 Å². The molecule has 4 heavy (non-hydrogen) atoms. The zero-order valence-electron chi connectivity index (χ0n) is 2.03. The second kappa shape index (κ2) is 3.49. The molecule has 19 valence electrons. The number of hydrogen-bond acceptors (Lipinski definition) is 0. The third kappa shape index (κ3) is 2.49. The third-order valence-electron chi connectivity index (χ3n) is 0.0630. The Morgan fingerprint density at radius 2 is 2.25 bits per heavy atom. The molecule has 1 unspecified atom stereocenters. The summed E-state index contributed by atoms with van der Waals surface area (Å²) in [6, 6.07) is 0. The van der Waals surface area contributed by atoms with Crippen molar-refractivity contribution in [2.75, 3.05) is 0 Å². The summed E-state index contributed by atoms with van der Waals surface area (Å²) >= 11 is 0. The second-order valence-electron chi connectivity index (χ2n) is 0.276. The van der Waals surface area contributed by atoms with Gasteiger partial charge in [-0.2, -0.15) is 8.34 Å². The molecule has 0 N–H and O–H groups in total. The molecule has 0 nitrogen and oxygen atoms in total. The summed E-state index contributed by atoms with van der Waals surface area (Å²) in [5.41, 5.74) is 0. The average Bonchev–Trinajstić information content (AvgIpc) is 1.37. The van der Waals surface area contributed by atoms with E-state index in [1.807, 2.05) is 0 Å². The van der Waals surface area contributed by atoms with E-state index in [1.165, 1.54) is 0 Å². The van der Waals surface area contributed by atoms with Crippen LogP contribution in [0.4, 0.5) is 4.32 Å². The summed E-state index contributed by atoms with van der Waals surface area (Å²) in [4.78, 5) is 0. The van der Waals surface area contributed by atoms with Crippen LogP contribution in [0.1, 0.15) is 0 Å². The van der Waals surface area contributed by atoms with E-state index in [0.717, 1.165) is 0 Å². The smallest absolute Gasteiger partial charge is 0.337 e. The molecule has 0 amide bonds. The molecule has 0 heterocycles. The van der Waals surface area contributed by atoms with Crippen molar-refractivity contribution in [3.63, 3.8) is 0 Å². The van der Waals surface area contributed by atoms with Gasteiger partial charge in [0.25, 0.3) is 0 Å². The predicted octanol–water partition coefficient (Wildman–Crippen LogP) is 0.252. The molecule has 0 fully saturated rings. The lowest BCUT2D eigenvalue weighted by Gasteiger charge is -1.60. The van der Waals surface area contributed by atoms with Crippen LogP contribution in [0.3, 0.4) is 0 Å². The Kier molecular flexibility index (Phi) is 3.92. The Bertz CT molecular complexity index is 8.00. The monoisotopic (exact) mass is 73.0 g/mol. The zero-order valence-corrected chi connectivity index (χ0v) is 3.03. The van der Waals surface area contributed by atoms with Crippen LogP contribution < -0.4 is 0 Å². The summed E-state index contributed by atoms with van der Waals surface area (Å²) in [6.45, 7) is 0. The van der Waals surface area contributed by atoms with Gasteiger partial charge < -0.3 is 4.32 Å². The van der Waals surface area contributed by atoms with Gasteiger partial charge in [0.05, 0.1) is 7.57 Å². The van der Waals surface area contributed by atoms with Crippen LogP contribution in [0.25, 0.3) is 0 Å². The Morgan fingerprint density at radius 3 is 2.25 bits per heavy atom. The van der Waals surface area contributed by atoms with Crippen molar-refractivity contribution in [3.8, 4) is 0 Å². The lowest BCUT2D eigenvalue weighted by atomic mass is 10.6. The summed E-state index contributed by atoms with van der Waals surface area (Å²) in [7, 11) is 4.90. The molecular formula is HB2FP. The molecule has 0 rings (SSSR count). The van der Waals surface area contributed by atoms with E-state index < -0.39 is 0 Å². The largest absolute Gasteiger partial charge is 0.372 e. The van der Waals surface area contributed by atoms with Crippen molar-refractivity contribution in [1.29, 1.82) is 0 Å². The highest BCUT2D eigenvalue weighted by atomic mass is 31.1. The van der Waals surface area contributed by atoms with Crippen molar-refractivity contribution in [3.05, 3.63) is 0 Å². The van der Waals surface area contributed by atoms with E-state index in [1.54, 1.807) is 0 Å². The highest BCUT2D eigenvalue weighted by Gasteiger charge is 1.68. The fourth-order valence-electron chi connectivity index (χ4n) is 0. The lowest BCUT2D eigenvalue weighted by molar-refractivity contribution is 0.895. The van der Waals surface area contributed by atoms with Crippen molar-refractivity contribution in [2.45, 2.75) is 0 Å². The first-order valence-corrected chi connectivity index (χ1v) is 1.95. The van der Waals surface area contributed by atoms with Gasteiger partial charge in [-0.15, -0.1) is 0 Å². The first-order valence-electron chi connectivity index (χ1n) is 0.796. The first kappa shape index (κ1) is 4.49. The molecule has 0 saturated carbocycles. The fraction of sp³-hybridized carbons (Fsp3) is 0. The summed E-state index contributed by atoms with van der Waals surface area (Å²) < 4.78 is 10.5. The summed E-state index contributed by atoms with van der Waals surface area (Å²) in [6.07, 6.45) is 0. The molecule has 0 aromatic rings. The van der Waals surface area contributed by atoms with Crippen LogP contribution >= 0.6 is 8.34 Å². The second-order valence-corrected chi connectivity index (χ2v) is 0.827. The van der Waals surface area contributed by atoms with E-state index in [2.05, 4.69) is 7.57 Å². The fourth-order valence-corrected chi connectivity index (χ4v) is 0. The molecular weight excluding hydrogens is 71.6 g/mol. The van der Waals surface area contributed by atoms with Crippen molar-refractivity contribution < 1.29 is 4.32 Å². The van der Waals surface area contributed by atoms with Crippen LogP contribution in [-0.2, 0) is 0 Å². The molecule has 0 aromatic heterocycles. The maximum Gasteiger partial charge on any atom is 0.372 e. The van der Waals surface area contributed by atoms with Gasteiger partial charge >= 0.3 is 7.28 Å². The van der Waals surface area contributed by atoms with E-state index in [9.17, 15) is 4.32 Å². The van der Waals surface area contributed by atoms with Crippen LogP contribution in [0, 0.1) is 0 Å². The highest BCUT2D eigenvalue weighted by molar-refractivity contribution is 7.89. The quantitative estimate of drug-likeness (QED) is 0.308. The lowest BCUT2D eigenvalue weighted by Crippen LogP contribution is -1.54. The molecule has 0 spiro atoms. The van der Waals surface area contributed by atoms with E-state index in [0.29, 0.717) is 7.28 Å². The van der Waals surface area contributed by atoms with Gasteiger partial charge in [0.15, 0.2) is 0 Å². The molecule has 0 aliphatic heterocycles. The normalized spacial score (nSPS) is 9.25. The minimum atomic E-state index is -0.151. The van der Waals surface area contributed by atoms with Gasteiger partial charge in [-0.1, -0.05) is 0 Å². The van der Waals surface area contributed by atoms with Crippen molar-refractivity contribution >= 4 is 23.2 Å². The Morgan fingerprint density at radius 1 is 2.00 bits per heavy atom. The molecule has 0 bridgehead atoms. The summed E-state index contributed by atoms with van der Waals surface area (Å²) in [5, 5.41) is 0. The molecule has 0 aliphatic rings. The molecule has 3 radical (unpaired) electrons. The zero-order chi connectivity index (χ0) is 3.41. The first-order chi connectivity index (χ1) is 1.91. The molecule has 4 heteroatoms. The van der Waals surface area contributed by atoms with Gasteiger partial charge in [-0.25, -0.2) is 0 Å². The van der Waals surface area contributed by atoms with Crippen molar-refractivity contribution in [1.82, 2.24) is 0 Å². The van der Waals surface area contributed by atoms with Gasteiger partial charge in [0, 0.05) is 0 Å². The van der Waals surface area contributed by atoms with E-state index in [-0.39, 0.29) is 8.34 Å². The Hall–Kier alpha value is 0.490. The van der Waals surface area contributed by atoms with Crippen LogP contribution in [0.2, 0.25) is 0 Å². The standard InChI is InChI=1S/B2FHP/c1-4-2-3/h4H. The molecule has 0 aromatic carbocycles. The van der Waals surface area contributed by atoms with E-state index in [4.69, 9.17) is 0 Å². The van der Waals surface area contributed by atoms with E-state index >= 15 is 0 Å². The topological polar surface area (TPSA) is 0 Å². The number of rotatable bonds is 1. The molecule has 0 aliphatic carbocycles. The van der Waals surface area contributed by atoms with Crippen molar-refractivity contribution in [2.24, 2.45) is 0 Å². The van der Waals surface area contributed by atoms with Gasteiger partial charge in [0.1, 0.15) is 0 Å². The minimum absolute atomic E-state index is 0.151. The average molecular weight is 72.6 g/mol. The minimum Gasteiger partial charge on any atom is -0.337 e. The Balaban J connectivity index is 1.97. The van der Waals surface area contributed by atoms with Gasteiger partial charge in [-0.3, -0.25) is 0 Å². The predicted molar refractivity (Wildman–Crippen MR) is 20.9 cm³/mol. The molecule has 1 atom stereocenters. The Labute approximate surface area is 28.6 Å². The third-order valence-corrected chi connectivity index (χ3v) is 0.189. The summed E-state index contributed by atoms with van der Waals surface area (Å²) in [5.74, 6) is 0. The maximum atomic E-state index is 10.5. The highest BCUT2D eigenvalue weighted by Crippen LogP contribution is 1.91. The van der Waals surface area contributed by atoms with Crippen LogP contribution in [0.15, 0.2) is 0 Å². The maximum absolute atomic E-state index is 10.5. The molecule has 0 saturated heterocycles. The van der Waals surface area contributed by atoms with Crippen LogP contribution in [-0.4, -0.2) is 14.8 Å². The van der Waals surface area contributed by atoms with Gasteiger partial charge in [0.2, 0.25) is 0 Å².